The van der Waals surface area contributed by atoms with Gasteiger partial charge >= 0.3 is 0 Å². The fraction of sp³-hybridized carbons (Fsp3) is 0.611. The zero-order chi connectivity index (χ0) is 15.2. The van der Waals surface area contributed by atoms with Gasteiger partial charge in [-0.3, -0.25) is 4.79 Å². The molecule has 1 aromatic rings. The molecule has 0 radical (unpaired) electrons. The van der Waals surface area contributed by atoms with Crippen molar-refractivity contribution in [1.29, 1.82) is 0 Å². The van der Waals surface area contributed by atoms with Crippen LogP contribution in [0, 0.1) is 0 Å². The predicted octanol–water partition coefficient (Wildman–Crippen LogP) is 3.26. The summed E-state index contributed by atoms with van der Waals surface area (Å²) in [6, 6.07) is 9.31. The first-order valence-electron chi connectivity index (χ1n) is 8.23. The molecule has 2 N–H and O–H groups in total. The van der Waals surface area contributed by atoms with Crippen LogP contribution in [0.1, 0.15) is 57.1 Å². The molecular formula is C18H28N2O. The van der Waals surface area contributed by atoms with Gasteiger partial charge in [0.15, 0.2) is 0 Å². The molecule has 0 spiro atoms. The summed E-state index contributed by atoms with van der Waals surface area (Å²) in [6.45, 7) is 4.91. The van der Waals surface area contributed by atoms with Gasteiger partial charge in [0.2, 0.25) is 5.91 Å². The van der Waals surface area contributed by atoms with Crippen LogP contribution in [0.3, 0.4) is 0 Å². The van der Waals surface area contributed by atoms with E-state index in [1.54, 1.807) is 0 Å². The Morgan fingerprint density at radius 2 is 1.90 bits per heavy atom. The van der Waals surface area contributed by atoms with Gasteiger partial charge in [0.1, 0.15) is 0 Å². The molecule has 1 saturated carbocycles. The molecular weight excluding hydrogens is 260 g/mol. The van der Waals surface area contributed by atoms with Crippen LogP contribution in [0.2, 0.25) is 0 Å². The molecule has 0 heterocycles. The Hall–Kier alpha value is -1.35. The first-order chi connectivity index (χ1) is 10.1. The molecule has 3 heteroatoms. The largest absolute Gasteiger partial charge is 0.335 e. The van der Waals surface area contributed by atoms with Crippen LogP contribution in [-0.4, -0.2) is 22.9 Å². The molecule has 0 bridgehead atoms. The number of amides is 1. The van der Waals surface area contributed by atoms with Crippen LogP contribution in [0.25, 0.3) is 0 Å². The molecule has 0 saturated heterocycles. The van der Waals surface area contributed by atoms with Gasteiger partial charge in [0.05, 0.1) is 0 Å². The molecule has 21 heavy (non-hydrogen) atoms. The van der Waals surface area contributed by atoms with Gasteiger partial charge in [-0.1, -0.05) is 31.2 Å². The van der Waals surface area contributed by atoms with Crippen molar-refractivity contribution in [2.75, 3.05) is 0 Å². The summed E-state index contributed by atoms with van der Waals surface area (Å²) in [5.74, 6) is 0.290. The Labute approximate surface area is 128 Å². The van der Waals surface area contributed by atoms with Crippen LogP contribution >= 0.6 is 0 Å². The maximum absolute atomic E-state index is 12.4. The predicted molar refractivity (Wildman–Crippen MR) is 86.9 cm³/mol. The number of hydrogen-bond donors (Lipinski definition) is 1. The highest BCUT2D eigenvalue weighted by molar-refractivity contribution is 5.76. The summed E-state index contributed by atoms with van der Waals surface area (Å²) in [7, 11) is 0. The van der Waals surface area contributed by atoms with E-state index in [-0.39, 0.29) is 11.9 Å². The molecule has 0 aliphatic heterocycles. The van der Waals surface area contributed by atoms with E-state index < -0.39 is 0 Å². The van der Waals surface area contributed by atoms with Gasteiger partial charge in [0, 0.05) is 25.0 Å². The zero-order valence-electron chi connectivity index (χ0n) is 13.3. The monoisotopic (exact) mass is 288 g/mol. The van der Waals surface area contributed by atoms with Gasteiger partial charge in [-0.25, -0.2) is 0 Å². The fourth-order valence-corrected chi connectivity index (χ4v) is 2.60. The lowest BCUT2D eigenvalue weighted by Crippen LogP contribution is -2.32. The Kier molecular flexibility index (Phi) is 5.80. The van der Waals surface area contributed by atoms with Gasteiger partial charge in [0.25, 0.3) is 0 Å². The van der Waals surface area contributed by atoms with Gasteiger partial charge < -0.3 is 10.6 Å². The maximum Gasteiger partial charge on any atom is 0.223 e. The third-order valence-corrected chi connectivity index (χ3v) is 4.14. The van der Waals surface area contributed by atoms with E-state index in [1.165, 1.54) is 11.1 Å². The van der Waals surface area contributed by atoms with Gasteiger partial charge in [-0.15, -0.1) is 0 Å². The molecule has 1 amide bonds. The lowest BCUT2D eigenvalue weighted by Gasteiger charge is -2.23. The van der Waals surface area contributed by atoms with Crippen molar-refractivity contribution in [3.05, 3.63) is 35.4 Å². The normalized spacial score (nSPS) is 15.8. The lowest BCUT2D eigenvalue weighted by atomic mass is 10.1. The van der Waals surface area contributed by atoms with Crippen LogP contribution in [0.4, 0.5) is 0 Å². The van der Waals surface area contributed by atoms with Crippen LogP contribution in [0.15, 0.2) is 24.3 Å². The molecule has 2 rings (SSSR count). The number of aryl methyl sites for hydroxylation is 1. The van der Waals surface area contributed by atoms with E-state index in [9.17, 15) is 4.79 Å². The Bertz CT molecular complexity index is 449. The fourth-order valence-electron chi connectivity index (χ4n) is 2.60. The van der Waals surface area contributed by atoms with E-state index in [2.05, 4.69) is 36.1 Å². The van der Waals surface area contributed by atoms with Crippen molar-refractivity contribution in [1.82, 2.24) is 4.90 Å². The number of benzene rings is 1. The van der Waals surface area contributed by atoms with E-state index in [0.717, 1.165) is 38.6 Å². The van der Waals surface area contributed by atoms with Crippen molar-refractivity contribution in [3.8, 4) is 0 Å². The molecule has 1 unspecified atom stereocenters. The molecule has 0 aromatic heterocycles. The summed E-state index contributed by atoms with van der Waals surface area (Å²) in [5, 5.41) is 0. The number of nitrogens with zero attached hydrogens (tertiary/aromatic N) is 1. The minimum Gasteiger partial charge on any atom is -0.335 e. The molecule has 116 valence electrons. The van der Waals surface area contributed by atoms with E-state index in [4.69, 9.17) is 5.73 Å². The van der Waals surface area contributed by atoms with Crippen molar-refractivity contribution >= 4 is 5.91 Å². The quantitative estimate of drug-likeness (QED) is 0.798. The Morgan fingerprint density at radius 3 is 2.43 bits per heavy atom. The Balaban J connectivity index is 1.90. The van der Waals surface area contributed by atoms with Crippen LogP contribution < -0.4 is 5.73 Å². The lowest BCUT2D eigenvalue weighted by molar-refractivity contribution is -0.132. The average molecular weight is 288 g/mol. The molecule has 1 aromatic carbocycles. The first-order valence-corrected chi connectivity index (χ1v) is 8.23. The van der Waals surface area contributed by atoms with E-state index >= 15 is 0 Å². The third-order valence-electron chi connectivity index (χ3n) is 4.14. The highest BCUT2D eigenvalue weighted by Gasteiger charge is 2.32. The Morgan fingerprint density at radius 1 is 1.29 bits per heavy atom. The number of carbonyl (C=O) groups excluding carboxylic acids is 1. The SMILES string of the molecule is CCc1ccc(CN(C(=O)CCCC(C)N)C2CC2)cc1. The number of carbonyl (C=O) groups is 1. The summed E-state index contributed by atoms with van der Waals surface area (Å²) in [4.78, 5) is 14.5. The minimum atomic E-state index is 0.189. The summed E-state index contributed by atoms with van der Waals surface area (Å²) in [6.07, 6.45) is 5.83. The summed E-state index contributed by atoms with van der Waals surface area (Å²) in [5.41, 5.74) is 8.34. The summed E-state index contributed by atoms with van der Waals surface area (Å²) >= 11 is 0. The highest BCUT2D eigenvalue weighted by Crippen LogP contribution is 2.29. The molecule has 1 aliphatic carbocycles. The van der Waals surface area contributed by atoms with Crippen molar-refractivity contribution in [2.24, 2.45) is 5.73 Å². The molecule has 3 nitrogen and oxygen atoms in total. The second-order valence-electron chi connectivity index (χ2n) is 6.29. The second-order valence-corrected chi connectivity index (χ2v) is 6.29. The maximum atomic E-state index is 12.4. The standard InChI is InChI=1S/C18H28N2O/c1-3-15-7-9-16(10-8-15)13-20(17-11-12-17)18(21)6-4-5-14(2)19/h7-10,14,17H,3-6,11-13,19H2,1-2H3. The van der Waals surface area contributed by atoms with Crippen molar-refractivity contribution in [3.63, 3.8) is 0 Å². The number of rotatable bonds is 8. The second kappa shape index (κ2) is 7.60. The van der Waals surface area contributed by atoms with Gasteiger partial charge in [-0.2, -0.15) is 0 Å². The van der Waals surface area contributed by atoms with Crippen molar-refractivity contribution < 1.29 is 4.79 Å². The molecule has 1 aliphatic rings. The van der Waals surface area contributed by atoms with Crippen molar-refractivity contribution in [2.45, 2.75) is 71.0 Å². The smallest absolute Gasteiger partial charge is 0.223 e. The number of nitrogens with two attached hydrogens (primary N) is 1. The topological polar surface area (TPSA) is 46.3 Å². The molecule has 1 fully saturated rings. The minimum absolute atomic E-state index is 0.189. The van der Waals surface area contributed by atoms with Gasteiger partial charge in [-0.05, 0) is 50.2 Å². The third kappa shape index (κ3) is 5.16. The highest BCUT2D eigenvalue weighted by atomic mass is 16.2. The number of hydrogen-bond acceptors (Lipinski definition) is 2. The van der Waals surface area contributed by atoms with E-state index in [0.29, 0.717) is 12.5 Å². The van der Waals surface area contributed by atoms with E-state index in [1.807, 2.05) is 6.92 Å². The van der Waals surface area contributed by atoms with Crippen LogP contribution in [-0.2, 0) is 17.8 Å². The summed E-state index contributed by atoms with van der Waals surface area (Å²) < 4.78 is 0. The van der Waals surface area contributed by atoms with Crippen LogP contribution in [0.5, 0.6) is 0 Å². The molecule has 1 atom stereocenters. The average Bonchev–Trinajstić information content (AvgIpc) is 3.29. The zero-order valence-corrected chi connectivity index (χ0v) is 13.3. The first kappa shape index (κ1) is 16.0.